The Hall–Kier alpha value is -1.10. The van der Waals surface area contributed by atoms with Crippen molar-refractivity contribution in [1.82, 2.24) is 4.90 Å². The predicted octanol–water partition coefficient (Wildman–Crippen LogP) is -0.343. The van der Waals surface area contributed by atoms with E-state index in [0.29, 0.717) is 19.4 Å². The van der Waals surface area contributed by atoms with E-state index in [9.17, 15) is 9.59 Å². The molecule has 1 unspecified atom stereocenters. The number of likely N-dealkylation sites (N-methyl/N-ethyl adjacent to an activating group) is 1. The SMILES string of the molecule is CC(C(=O)O)N(C)C(=O)CCCN. The highest BCUT2D eigenvalue weighted by atomic mass is 16.4. The molecule has 0 aromatic rings. The molecule has 0 bridgehead atoms. The van der Waals surface area contributed by atoms with Crippen molar-refractivity contribution in [2.24, 2.45) is 5.73 Å². The highest BCUT2D eigenvalue weighted by molar-refractivity contribution is 5.83. The summed E-state index contributed by atoms with van der Waals surface area (Å²) in [5.74, 6) is -1.18. The van der Waals surface area contributed by atoms with Gasteiger partial charge in [-0.25, -0.2) is 4.79 Å². The normalized spacial score (nSPS) is 12.2. The Morgan fingerprint density at radius 2 is 2.08 bits per heavy atom. The van der Waals surface area contributed by atoms with Gasteiger partial charge in [-0.2, -0.15) is 0 Å². The molecule has 76 valence electrons. The van der Waals surface area contributed by atoms with E-state index in [1.165, 1.54) is 18.9 Å². The van der Waals surface area contributed by atoms with Crippen LogP contribution in [0.2, 0.25) is 0 Å². The summed E-state index contributed by atoms with van der Waals surface area (Å²) in [4.78, 5) is 23.0. The lowest BCUT2D eigenvalue weighted by Gasteiger charge is -2.21. The van der Waals surface area contributed by atoms with Crippen molar-refractivity contribution >= 4 is 11.9 Å². The number of aliphatic carboxylic acids is 1. The largest absolute Gasteiger partial charge is 0.480 e. The van der Waals surface area contributed by atoms with Gasteiger partial charge in [0.1, 0.15) is 6.04 Å². The van der Waals surface area contributed by atoms with Crippen molar-refractivity contribution in [1.29, 1.82) is 0 Å². The van der Waals surface area contributed by atoms with Crippen LogP contribution in [0.4, 0.5) is 0 Å². The van der Waals surface area contributed by atoms with E-state index in [2.05, 4.69) is 0 Å². The monoisotopic (exact) mass is 188 g/mol. The molecule has 0 aliphatic heterocycles. The fraction of sp³-hybridized carbons (Fsp3) is 0.750. The molecule has 0 fully saturated rings. The number of carbonyl (C=O) groups excluding carboxylic acids is 1. The number of rotatable bonds is 5. The molecule has 13 heavy (non-hydrogen) atoms. The minimum Gasteiger partial charge on any atom is -0.480 e. The van der Waals surface area contributed by atoms with Gasteiger partial charge in [0.25, 0.3) is 0 Å². The number of carboxylic acid groups (broad SMARTS) is 1. The Labute approximate surface area is 77.5 Å². The van der Waals surface area contributed by atoms with Crippen molar-refractivity contribution in [3.05, 3.63) is 0 Å². The molecule has 0 aromatic heterocycles. The lowest BCUT2D eigenvalue weighted by Crippen LogP contribution is -2.40. The molecule has 0 heterocycles. The third kappa shape index (κ3) is 3.89. The summed E-state index contributed by atoms with van der Waals surface area (Å²) >= 11 is 0. The maximum Gasteiger partial charge on any atom is 0.326 e. The molecule has 0 aliphatic carbocycles. The zero-order chi connectivity index (χ0) is 10.4. The highest BCUT2D eigenvalue weighted by Crippen LogP contribution is 2.00. The summed E-state index contributed by atoms with van der Waals surface area (Å²) < 4.78 is 0. The molecule has 1 atom stereocenters. The van der Waals surface area contributed by atoms with Crippen LogP contribution in [0, 0.1) is 0 Å². The maximum atomic E-state index is 11.3. The van der Waals surface area contributed by atoms with Crippen LogP contribution in [0.15, 0.2) is 0 Å². The zero-order valence-corrected chi connectivity index (χ0v) is 7.99. The van der Waals surface area contributed by atoms with Crippen LogP contribution in [-0.2, 0) is 9.59 Å². The number of hydrogen-bond acceptors (Lipinski definition) is 3. The highest BCUT2D eigenvalue weighted by Gasteiger charge is 2.20. The summed E-state index contributed by atoms with van der Waals surface area (Å²) in [6, 6.07) is -0.773. The summed E-state index contributed by atoms with van der Waals surface area (Å²) in [6.07, 6.45) is 0.903. The molecule has 0 rings (SSSR count). The van der Waals surface area contributed by atoms with Crippen LogP contribution in [0.5, 0.6) is 0 Å². The van der Waals surface area contributed by atoms with E-state index < -0.39 is 12.0 Å². The second-order valence-corrected chi connectivity index (χ2v) is 2.91. The Kier molecular flexibility index (Phi) is 5.06. The third-order valence-electron chi connectivity index (χ3n) is 1.93. The number of carboxylic acids is 1. The quantitative estimate of drug-likeness (QED) is 0.618. The summed E-state index contributed by atoms with van der Waals surface area (Å²) in [6.45, 7) is 1.92. The molecule has 0 saturated carbocycles. The van der Waals surface area contributed by atoms with E-state index in [-0.39, 0.29) is 5.91 Å². The van der Waals surface area contributed by atoms with Gasteiger partial charge in [0, 0.05) is 13.5 Å². The standard InChI is InChI=1S/C8H16N2O3/c1-6(8(12)13)10(2)7(11)4-3-5-9/h6H,3-5,9H2,1-2H3,(H,12,13). The Morgan fingerprint density at radius 1 is 1.54 bits per heavy atom. The number of amides is 1. The summed E-state index contributed by atoms with van der Waals surface area (Å²) in [7, 11) is 1.48. The van der Waals surface area contributed by atoms with Gasteiger partial charge in [0.2, 0.25) is 5.91 Å². The van der Waals surface area contributed by atoms with E-state index in [4.69, 9.17) is 10.8 Å². The molecule has 0 radical (unpaired) electrons. The Bertz CT molecular complexity index is 194. The minimum absolute atomic E-state index is 0.180. The van der Waals surface area contributed by atoms with Gasteiger partial charge in [-0.05, 0) is 19.9 Å². The summed E-state index contributed by atoms with van der Waals surface area (Å²) in [5.41, 5.74) is 5.23. The van der Waals surface area contributed by atoms with Crippen molar-refractivity contribution in [3.63, 3.8) is 0 Å². The maximum absolute atomic E-state index is 11.3. The van der Waals surface area contributed by atoms with Gasteiger partial charge in [-0.3, -0.25) is 4.79 Å². The van der Waals surface area contributed by atoms with E-state index in [1.807, 2.05) is 0 Å². The van der Waals surface area contributed by atoms with Crippen molar-refractivity contribution < 1.29 is 14.7 Å². The first-order chi connectivity index (χ1) is 6.00. The molecular weight excluding hydrogens is 172 g/mol. The van der Waals surface area contributed by atoms with Gasteiger partial charge in [-0.15, -0.1) is 0 Å². The fourth-order valence-electron chi connectivity index (χ4n) is 0.811. The van der Waals surface area contributed by atoms with Crippen molar-refractivity contribution in [2.45, 2.75) is 25.8 Å². The second kappa shape index (κ2) is 5.53. The van der Waals surface area contributed by atoms with Crippen LogP contribution in [0.25, 0.3) is 0 Å². The first kappa shape index (κ1) is 11.9. The number of nitrogens with zero attached hydrogens (tertiary/aromatic N) is 1. The average molecular weight is 188 g/mol. The van der Waals surface area contributed by atoms with Crippen LogP contribution in [0.1, 0.15) is 19.8 Å². The molecule has 0 aromatic carbocycles. The van der Waals surface area contributed by atoms with Gasteiger partial charge in [0.05, 0.1) is 0 Å². The molecule has 0 spiro atoms. The first-order valence-corrected chi connectivity index (χ1v) is 4.19. The average Bonchev–Trinajstić information content (AvgIpc) is 2.11. The Balaban J connectivity index is 4.01. The smallest absolute Gasteiger partial charge is 0.326 e. The molecule has 3 N–H and O–H groups in total. The van der Waals surface area contributed by atoms with Gasteiger partial charge in [-0.1, -0.05) is 0 Å². The van der Waals surface area contributed by atoms with E-state index >= 15 is 0 Å². The van der Waals surface area contributed by atoms with Gasteiger partial charge in [0.15, 0.2) is 0 Å². The number of hydrogen-bond donors (Lipinski definition) is 2. The zero-order valence-electron chi connectivity index (χ0n) is 7.99. The third-order valence-corrected chi connectivity index (χ3v) is 1.93. The Morgan fingerprint density at radius 3 is 2.46 bits per heavy atom. The lowest BCUT2D eigenvalue weighted by molar-refractivity contribution is -0.148. The molecule has 5 nitrogen and oxygen atoms in total. The van der Waals surface area contributed by atoms with E-state index in [1.54, 1.807) is 0 Å². The summed E-state index contributed by atoms with van der Waals surface area (Å²) in [5, 5.41) is 8.61. The molecule has 0 saturated heterocycles. The van der Waals surface area contributed by atoms with Crippen molar-refractivity contribution in [2.75, 3.05) is 13.6 Å². The molecule has 1 amide bonds. The number of nitrogens with two attached hydrogens (primary N) is 1. The van der Waals surface area contributed by atoms with Gasteiger partial charge >= 0.3 is 5.97 Å². The van der Waals surface area contributed by atoms with Gasteiger partial charge < -0.3 is 15.7 Å². The van der Waals surface area contributed by atoms with E-state index in [0.717, 1.165) is 0 Å². The minimum atomic E-state index is -0.997. The lowest BCUT2D eigenvalue weighted by atomic mass is 10.2. The van der Waals surface area contributed by atoms with Crippen LogP contribution >= 0.6 is 0 Å². The molecule has 0 aliphatic rings. The second-order valence-electron chi connectivity index (χ2n) is 2.91. The molecule has 5 heteroatoms. The fourth-order valence-corrected chi connectivity index (χ4v) is 0.811. The number of carbonyl (C=O) groups is 2. The topological polar surface area (TPSA) is 83.6 Å². The van der Waals surface area contributed by atoms with Crippen LogP contribution < -0.4 is 5.73 Å². The van der Waals surface area contributed by atoms with Crippen LogP contribution in [-0.4, -0.2) is 41.5 Å². The predicted molar refractivity (Wildman–Crippen MR) is 48.2 cm³/mol. The van der Waals surface area contributed by atoms with Crippen molar-refractivity contribution in [3.8, 4) is 0 Å². The molecular formula is C8H16N2O3. The van der Waals surface area contributed by atoms with Crippen LogP contribution in [0.3, 0.4) is 0 Å². The first-order valence-electron chi connectivity index (χ1n) is 4.19.